The highest BCUT2D eigenvalue weighted by molar-refractivity contribution is 5.83. The number of aryl methyl sites for hydroxylation is 1. The zero-order valence-electron chi connectivity index (χ0n) is 8.45. The van der Waals surface area contributed by atoms with Gasteiger partial charge in [-0.25, -0.2) is 0 Å². The Morgan fingerprint density at radius 1 is 1.53 bits per heavy atom. The molecule has 2 aromatic rings. The third-order valence-corrected chi connectivity index (χ3v) is 2.41. The number of carbonyl (C=O) groups is 1. The fourth-order valence-electron chi connectivity index (χ4n) is 1.66. The number of hydrogen-bond donors (Lipinski definition) is 2. The molecule has 1 aromatic carbocycles. The Balaban J connectivity index is 2.47. The van der Waals surface area contributed by atoms with Crippen molar-refractivity contribution in [3.8, 4) is 0 Å². The Morgan fingerprint density at radius 3 is 3.00 bits per heavy atom. The van der Waals surface area contributed by atoms with E-state index in [1.54, 1.807) is 6.07 Å². The Kier molecular flexibility index (Phi) is 2.41. The number of H-pyrrole nitrogens is 1. The quantitative estimate of drug-likeness (QED) is 0.800. The highest BCUT2D eigenvalue weighted by Gasteiger charge is 2.06. The number of aromatic nitrogens is 2. The zero-order valence-corrected chi connectivity index (χ0v) is 8.45. The normalized spacial score (nSPS) is 10.7. The maximum atomic E-state index is 10.6. The Labute approximate surface area is 86.9 Å². The second-order valence-electron chi connectivity index (χ2n) is 3.48. The fourth-order valence-corrected chi connectivity index (χ4v) is 1.66. The molecule has 0 spiro atoms. The molecule has 0 aliphatic heterocycles. The first kappa shape index (κ1) is 9.71. The van der Waals surface area contributed by atoms with Gasteiger partial charge in [0.05, 0.1) is 11.9 Å². The van der Waals surface area contributed by atoms with Crippen LogP contribution in [0.25, 0.3) is 10.9 Å². The molecule has 0 saturated carbocycles. The van der Waals surface area contributed by atoms with Crippen molar-refractivity contribution in [2.24, 2.45) is 0 Å². The first-order valence-electron chi connectivity index (χ1n) is 4.88. The van der Waals surface area contributed by atoms with Crippen LogP contribution in [0.4, 0.5) is 0 Å². The number of hydrogen-bond acceptors (Lipinski definition) is 2. The molecule has 0 amide bonds. The van der Waals surface area contributed by atoms with Gasteiger partial charge in [0.1, 0.15) is 0 Å². The van der Waals surface area contributed by atoms with Gasteiger partial charge < -0.3 is 5.11 Å². The van der Waals surface area contributed by atoms with Gasteiger partial charge in [-0.1, -0.05) is 13.0 Å². The lowest BCUT2D eigenvalue weighted by molar-refractivity contribution is -0.136. The molecular weight excluding hydrogens is 192 g/mol. The minimum atomic E-state index is -0.809. The second-order valence-corrected chi connectivity index (χ2v) is 3.48. The number of carboxylic acid groups (broad SMARTS) is 1. The molecule has 78 valence electrons. The van der Waals surface area contributed by atoms with Crippen LogP contribution < -0.4 is 0 Å². The number of nitrogens with zero attached hydrogens (tertiary/aromatic N) is 1. The smallest absolute Gasteiger partial charge is 0.307 e. The Morgan fingerprint density at radius 2 is 2.33 bits per heavy atom. The number of fused-ring (bicyclic) bond motifs is 1. The van der Waals surface area contributed by atoms with Crippen molar-refractivity contribution in [3.63, 3.8) is 0 Å². The first-order chi connectivity index (χ1) is 7.20. The van der Waals surface area contributed by atoms with Crippen LogP contribution in [-0.2, 0) is 17.6 Å². The van der Waals surface area contributed by atoms with Crippen LogP contribution in [0.2, 0.25) is 0 Å². The van der Waals surface area contributed by atoms with Gasteiger partial charge in [-0.05, 0) is 24.1 Å². The summed E-state index contributed by atoms with van der Waals surface area (Å²) in [4.78, 5) is 10.6. The summed E-state index contributed by atoms with van der Waals surface area (Å²) < 4.78 is 0. The highest BCUT2D eigenvalue weighted by Crippen LogP contribution is 2.18. The van der Waals surface area contributed by atoms with Gasteiger partial charge in [0.2, 0.25) is 0 Å². The van der Waals surface area contributed by atoms with Crippen LogP contribution in [0, 0.1) is 0 Å². The standard InChI is InChI=1S/C11H12N2O2/c1-2-9-8-5-7(6-11(14)15)3-4-10(8)13-12-9/h3-5H,2,6H2,1H3,(H,12,13)(H,14,15). The molecule has 0 radical (unpaired) electrons. The molecule has 0 fully saturated rings. The molecule has 0 saturated heterocycles. The van der Waals surface area contributed by atoms with Gasteiger partial charge in [-0.2, -0.15) is 5.10 Å². The Bertz CT molecular complexity index is 502. The Hall–Kier alpha value is -1.84. The molecule has 0 aliphatic rings. The molecule has 4 nitrogen and oxygen atoms in total. The largest absolute Gasteiger partial charge is 0.481 e. The summed E-state index contributed by atoms with van der Waals surface area (Å²) in [5, 5.41) is 16.8. The summed E-state index contributed by atoms with van der Waals surface area (Å²) in [6.45, 7) is 2.04. The van der Waals surface area contributed by atoms with E-state index in [2.05, 4.69) is 10.2 Å². The monoisotopic (exact) mass is 204 g/mol. The topological polar surface area (TPSA) is 66.0 Å². The van der Waals surface area contributed by atoms with Gasteiger partial charge in [-0.15, -0.1) is 0 Å². The van der Waals surface area contributed by atoms with Crippen LogP contribution in [0.5, 0.6) is 0 Å². The molecule has 0 aliphatic carbocycles. The lowest BCUT2D eigenvalue weighted by Gasteiger charge is -1.97. The number of nitrogens with one attached hydrogen (secondary N) is 1. The molecule has 0 unspecified atom stereocenters. The highest BCUT2D eigenvalue weighted by atomic mass is 16.4. The van der Waals surface area contributed by atoms with E-state index in [9.17, 15) is 4.79 Å². The molecule has 0 atom stereocenters. The summed E-state index contributed by atoms with van der Waals surface area (Å²) in [6.07, 6.45) is 0.928. The molecule has 15 heavy (non-hydrogen) atoms. The molecule has 2 N–H and O–H groups in total. The maximum Gasteiger partial charge on any atom is 0.307 e. The van der Waals surface area contributed by atoms with Crippen molar-refractivity contribution in [1.29, 1.82) is 0 Å². The van der Waals surface area contributed by atoms with Crippen molar-refractivity contribution in [3.05, 3.63) is 29.5 Å². The summed E-state index contributed by atoms with van der Waals surface area (Å²) in [5.74, 6) is -0.809. The fraction of sp³-hybridized carbons (Fsp3) is 0.273. The lowest BCUT2D eigenvalue weighted by Crippen LogP contribution is -1.99. The van der Waals surface area contributed by atoms with Crippen LogP contribution in [0.1, 0.15) is 18.2 Å². The maximum absolute atomic E-state index is 10.6. The predicted octanol–water partition coefficient (Wildman–Crippen LogP) is 1.75. The van der Waals surface area contributed by atoms with Gasteiger partial charge in [-0.3, -0.25) is 9.89 Å². The average molecular weight is 204 g/mol. The summed E-state index contributed by atoms with van der Waals surface area (Å²) >= 11 is 0. The van der Waals surface area contributed by atoms with Crippen LogP contribution >= 0.6 is 0 Å². The van der Waals surface area contributed by atoms with Gasteiger partial charge >= 0.3 is 5.97 Å². The minimum Gasteiger partial charge on any atom is -0.481 e. The molecule has 2 rings (SSSR count). The van der Waals surface area contributed by atoms with Crippen molar-refractivity contribution in [2.75, 3.05) is 0 Å². The molecule has 1 heterocycles. The van der Waals surface area contributed by atoms with E-state index in [0.717, 1.165) is 28.6 Å². The van der Waals surface area contributed by atoms with E-state index in [-0.39, 0.29) is 6.42 Å². The number of aromatic amines is 1. The van der Waals surface area contributed by atoms with Gasteiger partial charge in [0, 0.05) is 11.1 Å². The van der Waals surface area contributed by atoms with E-state index in [4.69, 9.17) is 5.11 Å². The molecule has 1 aromatic heterocycles. The third-order valence-electron chi connectivity index (χ3n) is 2.41. The summed E-state index contributed by atoms with van der Waals surface area (Å²) in [6, 6.07) is 5.55. The zero-order chi connectivity index (χ0) is 10.8. The average Bonchev–Trinajstić information content (AvgIpc) is 2.59. The van der Waals surface area contributed by atoms with E-state index in [1.807, 2.05) is 19.1 Å². The first-order valence-corrected chi connectivity index (χ1v) is 4.88. The van der Waals surface area contributed by atoms with Crippen LogP contribution in [0.15, 0.2) is 18.2 Å². The summed E-state index contributed by atoms with van der Waals surface area (Å²) in [7, 11) is 0. The van der Waals surface area contributed by atoms with Crippen molar-refractivity contribution in [1.82, 2.24) is 10.2 Å². The van der Waals surface area contributed by atoms with Gasteiger partial charge in [0.25, 0.3) is 0 Å². The van der Waals surface area contributed by atoms with Crippen LogP contribution in [-0.4, -0.2) is 21.3 Å². The van der Waals surface area contributed by atoms with E-state index in [0.29, 0.717) is 0 Å². The van der Waals surface area contributed by atoms with E-state index >= 15 is 0 Å². The number of carboxylic acids is 1. The molecular formula is C11H12N2O2. The SMILES string of the molecule is CCc1[nH]nc2ccc(CC(=O)O)cc12. The van der Waals surface area contributed by atoms with Crippen LogP contribution in [0.3, 0.4) is 0 Å². The third kappa shape index (κ3) is 1.83. The molecule has 4 heteroatoms. The predicted molar refractivity (Wildman–Crippen MR) is 56.8 cm³/mol. The summed E-state index contributed by atoms with van der Waals surface area (Å²) in [5.41, 5.74) is 2.75. The number of benzene rings is 1. The van der Waals surface area contributed by atoms with Crippen molar-refractivity contribution in [2.45, 2.75) is 19.8 Å². The number of aliphatic carboxylic acids is 1. The van der Waals surface area contributed by atoms with Crippen molar-refractivity contribution >= 4 is 16.9 Å². The van der Waals surface area contributed by atoms with Crippen molar-refractivity contribution < 1.29 is 9.90 Å². The molecule has 0 bridgehead atoms. The van der Waals surface area contributed by atoms with E-state index in [1.165, 1.54) is 0 Å². The number of rotatable bonds is 3. The van der Waals surface area contributed by atoms with Gasteiger partial charge in [0.15, 0.2) is 0 Å². The minimum absolute atomic E-state index is 0.0598. The van der Waals surface area contributed by atoms with E-state index < -0.39 is 5.97 Å². The lowest BCUT2D eigenvalue weighted by atomic mass is 10.1. The second kappa shape index (κ2) is 3.73.